The van der Waals surface area contributed by atoms with Crippen molar-refractivity contribution in [3.63, 3.8) is 0 Å². The van der Waals surface area contributed by atoms with Crippen LogP contribution >= 0.6 is 23.1 Å². The van der Waals surface area contributed by atoms with Gasteiger partial charge in [-0.2, -0.15) is 0 Å². The molecule has 2 rings (SSSR count). The lowest BCUT2D eigenvalue weighted by atomic mass is 10.0. The molecular formula is C10H9ClFN3S. The highest BCUT2D eigenvalue weighted by atomic mass is 35.5. The van der Waals surface area contributed by atoms with E-state index >= 15 is 0 Å². The maximum Gasteiger partial charge on any atom is 0.142 e. The van der Waals surface area contributed by atoms with Crippen molar-refractivity contribution >= 4 is 23.1 Å². The van der Waals surface area contributed by atoms with E-state index in [1.807, 2.05) is 0 Å². The summed E-state index contributed by atoms with van der Waals surface area (Å²) in [4.78, 5) is 0. The Hall–Kier alpha value is -1.04. The van der Waals surface area contributed by atoms with Gasteiger partial charge in [0, 0.05) is 5.38 Å². The molecule has 1 atom stereocenters. The van der Waals surface area contributed by atoms with Crippen molar-refractivity contribution in [2.24, 2.45) is 5.73 Å². The third-order valence-electron chi connectivity index (χ3n) is 2.23. The van der Waals surface area contributed by atoms with Gasteiger partial charge < -0.3 is 5.73 Å². The molecule has 0 saturated heterocycles. The van der Waals surface area contributed by atoms with Gasteiger partial charge in [0.1, 0.15) is 5.82 Å². The van der Waals surface area contributed by atoms with Crippen LogP contribution in [0.4, 0.5) is 4.39 Å². The third-order valence-corrected chi connectivity index (χ3v) is 3.17. The molecule has 2 aromatic rings. The summed E-state index contributed by atoms with van der Waals surface area (Å²) in [6, 6.07) is 4.38. The highest BCUT2D eigenvalue weighted by molar-refractivity contribution is 7.03. The molecule has 0 fully saturated rings. The first-order valence-corrected chi connectivity index (χ1v) is 5.85. The van der Waals surface area contributed by atoms with E-state index in [1.54, 1.807) is 17.5 Å². The molecule has 0 bridgehead atoms. The van der Waals surface area contributed by atoms with Crippen molar-refractivity contribution in [3.05, 3.63) is 45.7 Å². The van der Waals surface area contributed by atoms with E-state index in [1.165, 1.54) is 17.6 Å². The van der Waals surface area contributed by atoms with Gasteiger partial charge >= 0.3 is 0 Å². The van der Waals surface area contributed by atoms with E-state index in [9.17, 15) is 4.39 Å². The second kappa shape index (κ2) is 4.86. The summed E-state index contributed by atoms with van der Waals surface area (Å²) in [6.07, 6.45) is 0.446. The van der Waals surface area contributed by atoms with Crippen LogP contribution in [0.15, 0.2) is 23.6 Å². The second-order valence-electron chi connectivity index (χ2n) is 3.35. The zero-order chi connectivity index (χ0) is 11.5. The van der Waals surface area contributed by atoms with Gasteiger partial charge in [0.15, 0.2) is 0 Å². The Kier molecular flexibility index (Phi) is 3.48. The molecule has 0 aliphatic carbocycles. The van der Waals surface area contributed by atoms with Crippen LogP contribution in [0, 0.1) is 5.82 Å². The molecule has 0 spiro atoms. The fourth-order valence-corrected chi connectivity index (χ4v) is 2.10. The average molecular weight is 258 g/mol. The van der Waals surface area contributed by atoms with Crippen LogP contribution in [-0.2, 0) is 6.42 Å². The van der Waals surface area contributed by atoms with Crippen molar-refractivity contribution < 1.29 is 4.39 Å². The lowest BCUT2D eigenvalue weighted by Gasteiger charge is -2.09. The van der Waals surface area contributed by atoms with Crippen LogP contribution in [0.2, 0.25) is 5.02 Å². The summed E-state index contributed by atoms with van der Waals surface area (Å²) in [5, 5.41) is 5.77. The Bertz CT molecular complexity index is 475. The van der Waals surface area contributed by atoms with Crippen LogP contribution in [-0.4, -0.2) is 9.59 Å². The van der Waals surface area contributed by atoms with E-state index in [-0.39, 0.29) is 11.1 Å². The van der Waals surface area contributed by atoms with Gasteiger partial charge in [-0.1, -0.05) is 28.2 Å². The number of benzene rings is 1. The molecule has 0 aliphatic rings. The summed E-state index contributed by atoms with van der Waals surface area (Å²) < 4.78 is 16.9. The van der Waals surface area contributed by atoms with Crippen molar-refractivity contribution in [2.45, 2.75) is 12.5 Å². The lowest BCUT2D eigenvalue weighted by molar-refractivity contribution is 0.621. The molecule has 6 heteroatoms. The molecular weight excluding hydrogens is 249 g/mol. The minimum atomic E-state index is -0.428. The van der Waals surface area contributed by atoms with Gasteiger partial charge in [0.25, 0.3) is 0 Å². The molecule has 1 unspecified atom stereocenters. The van der Waals surface area contributed by atoms with Crippen LogP contribution in [0.25, 0.3) is 0 Å². The maximum atomic E-state index is 13.2. The SMILES string of the molecule is NC(Cc1cccc(F)c1Cl)c1csnn1. The maximum absolute atomic E-state index is 13.2. The topological polar surface area (TPSA) is 51.8 Å². The normalized spacial score (nSPS) is 12.7. The van der Waals surface area contributed by atoms with E-state index < -0.39 is 5.82 Å². The molecule has 0 amide bonds. The predicted octanol–water partition coefficient (Wildman–Crippen LogP) is 2.57. The third kappa shape index (κ3) is 2.37. The number of hydrogen-bond acceptors (Lipinski definition) is 4. The van der Waals surface area contributed by atoms with Crippen molar-refractivity contribution in [3.8, 4) is 0 Å². The Labute approximate surface area is 101 Å². The molecule has 1 aromatic heterocycles. The summed E-state index contributed by atoms with van der Waals surface area (Å²) >= 11 is 7.07. The highest BCUT2D eigenvalue weighted by Gasteiger charge is 2.13. The molecule has 84 valence electrons. The first kappa shape index (κ1) is 11.4. The quantitative estimate of drug-likeness (QED) is 0.920. The average Bonchev–Trinajstić information content (AvgIpc) is 2.78. The number of hydrogen-bond donors (Lipinski definition) is 1. The summed E-state index contributed by atoms with van der Waals surface area (Å²) in [5.74, 6) is -0.428. The van der Waals surface area contributed by atoms with E-state index in [2.05, 4.69) is 9.59 Å². The molecule has 2 N–H and O–H groups in total. The molecule has 16 heavy (non-hydrogen) atoms. The van der Waals surface area contributed by atoms with Crippen LogP contribution in [0.1, 0.15) is 17.3 Å². The molecule has 0 radical (unpaired) electrons. The minimum Gasteiger partial charge on any atom is -0.322 e. The number of rotatable bonds is 3. The first-order valence-electron chi connectivity index (χ1n) is 4.64. The minimum absolute atomic E-state index is 0.126. The predicted molar refractivity (Wildman–Crippen MR) is 62.0 cm³/mol. The van der Waals surface area contributed by atoms with E-state index in [0.29, 0.717) is 17.7 Å². The Morgan fingerprint density at radius 3 is 3.00 bits per heavy atom. The van der Waals surface area contributed by atoms with Crippen LogP contribution < -0.4 is 5.73 Å². The Balaban J connectivity index is 2.18. The van der Waals surface area contributed by atoms with Gasteiger partial charge in [-0.25, -0.2) is 4.39 Å². The van der Waals surface area contributed by atoms with Gasteiger partial charge in [-0.05, 0) is 29.6 Å². The number of nitrogens with zero attached hydrogens (tertiary/aromatic N) is 2. The number of nitrogens with two attached hydrogens (primary N) is 1. The fourth-order valence-electron chi connectivity index (χ4n) is 1.38. The first-order chi connectivity index (χ1) is 7.68. The van der Waals surface area contributed by atoms with Crippen molar-refractivity contribution in [2.75, 3.05) is 0 Å². The molecule has 0 saturated carbocycles. The van der Waals surface area contributed by atoms with Crippen molar-refractivity contribution in [1.82, 2.24) is 9.59 Å². The monoisotopic (exact) mass is 257 g/mol. The van der Waals surface area contributed by atoms with Gasteiger partial charge in [-0.15, -0.1) is 5.10 Å². The largest absolute Gasteiger partial charge is 0.322 e. The second-order valence-corrected chi connectivity index (χ2v) is 4.34. The van der Waals surface area contributed by atoms with Crippen LogP contribution in [0.3, 0.4) is 0 Å². The number of halogens is 2. The van der Waals surface area contributed by atoms with E-state index in [4.69, 9.17) is 17.3 Å². The lowest BCUT2D eigenvalue weighted by Crippen LogP contribution is -2.14. The Morgan fingerprint density at radius 2 is 2.31 bits per heavy atom. The molecule has 1 heterocycles. The summed E-state index contributed by atoms with van der Waals surface area (Å²) in [6.45, 7) is 0. The molecule has 1 aromatic carbocycles. The zero-order valence-electron chi connectivity index (χ0n) is 8.23. The summed E-state index contributed by atoms with van der Waals surface area (Å²) in [7, 11) is 0. The van der Waals surface area contributed by atoms with Crippen molar-refractivity contribution in [1.29, 1.82) is 0 Å². The standard InChI is InChI=1S/C10H9ClFN3S/c11-10-6(2-1-3-7(10)12)4-8(13)9-5-16-15-14-9/h1-3,5,8H,4,13H2. The smallest absolute Gasteiger partial charge is 0.142 e. The van der Waals surface area contributed by atoms with E-state index in [0.717, 1.165) is 0 Å². The Morgan fingerprint density at radius 1 is 1.50 bits per heavy atom. The highest BCUT2D eigenvalue weighted by Crippen LogP contribution is 2.23. The summed E-state index contributed by atoms with van der Waals surface area (Å²) in [5.41, 5.74) is 7.30. The zero-order valence-corrected chi connectivity index (χ0v) is 9.80. The molecule has 0 aliphatic heterocycles. The molecule has 3 nitrogen and oxygen atoms in total. The van der Waals surface area contributed by atoms with Gasteiger partial charge in [0.2, 0.25) is 0 Å². The van der Waals surface area contributed by atoms with Gasteiger partial charge in [0.05, 0.1) is 16.8 Å². The van der Waals surface area contributed by atoms with Gasteiger partial charge in [-0.3, -0.25) is 0 Å². The number of aromatic nitrogens is 2. The fraction of sp³-hybridized carbons (Fsp3) is 0.200. The van der Waals surface area contributed by atoms with Crippen LogP contribution in [0.5, 0.6) is 0 Å².